The number of carbonyl (C=O) groups excluding carboxylic acids is 1. The summed E-state index contributed by atoms with van der Waals surface area (Å²) in [4.78, 5) is 37.7. The first-order chi connectivity index (χ1) is 18.6. The molecule has 1 aliphatic carbocycles. The average Bonchev–Trinajstić information content (AvgIpc) is 3.32. The second-order valence-corrected chi connectivity index (χ2v) is 13.0. The van der Waals surface area contributed by atoms with Gasteiger partial charge in [0.1, 0.15) is 10.3 Å². The number of thiazole rings is 1. The minimum atomic E-state index is -0.998. The standard InChI is InChI=1S/C30H38N4O4S/c1-30(2,3)21-7-8-23-20(16-21)17-25-27(32-23)39-28(33-25)26(36)31-24(11-14-34-12-9-22(35)10-13-34)18-5-4-6-19(15-18)29(37)38/h4-6,15,17,21-22,24,35H,7-14,16H2,1-3H3,(H,31,36)(H,37,38)/t21-,24?/m0/s1. The van der Waals surface area contributed by atoms with Crippen molar-refractivity contribution in [2.24, 2.45) is 11.3 Å². The number of aliphatic hydroxyl groups is 1. The first-order valence-corrected chi connectivity index (χ1v) is 14.7. The van der Waals surface area contributed by atoms with E-state index in [1.165, 1.54) is 16.9 Å². The number of piperidine rings is 1. The molecule has 0 spiro atoms. The van der Waals surface area contributed by atoms with Gasteiger partial charge < -0.3 is 20.4 Å². The second kappa shape index (κ2) is 11.3. The number of likely N-dealkylation sites (tertiary alicyclic amines) is 1. The van der Waals surface area contributed by atoms with E-state index in [2.05, 4.69) is 42.0 Å². The fourth-order valence-electron chi connectivity index (χ4n) is 5.73. The van der Waals surface area contributed by atoms with Crippen LogP contribution < -0.4 is 5.32 Å². The minimum absolute atomic E-state index is 0.191. The summed E-state index contributed by atoms with van der Waals surface area (Å²) in [5.41, 5.74) is 4.30. The fraction of sp³-hybridized carbons (Fsp3) is 0.533. The number of amides is 1. The van der Waals surface area contributed by atoms with E-state index in [-0.39, 0.29) is 29.0 Å². The van der Waals surface area contributed by atoms with Crippen LogP contribution in [-0.4, -0.2) is 62.7 Å². The first kappa shape index (κ1) is 27.7. The molecule has 208 valence electrons. The molecule has 1 aliphatic heterocycles. The molecule has 3 heterocycles. The van der Waals surface area contributed by atoms with Gasteiger partial charge in [0.15, 0.2) is 5.01 Å². The van der Waals surface area contributed by atoms with Gasteiger partial charge in [-0.15, -0.1) is 0 Å². The summed E-state index contributed by atoms with van der Waals surface area (Å²) in [5.74, 6) is -0.679. The molecule has 1 aromatic carbocycles. The highest BCUT2D eigenvalue weighted by Crippen LogP contribution is 2.38. The summed E-state index contributed by atoms with van der Waals surface area (Å²) in [6, 6.07) is 8.50. The molecule has 2 atom stereocenters. The molecule has 1 fully saturated rings. The van der Waals surface area contributed by atoms with Crippen LogP contribution in [0.1, 0.15) is 89.5 Å². The molecule has 8 nitrogen and oxygen atoms in total. The molecule has 1 saturated heterocycles. The van der Waals surface area contributed by atoms with Gasteiger partial charge in [-0.3, -0.25) is 4.79 Å². The van der Waals surface area contributed by atoms with Gasteiger partial charge in [0.2, 0.25) is 0 Å². The van der Waals surface area contributed by atoms with Gasteiger partial charge in [-0.1, -0.05) is 44.2 Å². The Morgan fingerprint density at radius 1 is 1.15 bits per heavy atom. The Kier molecular flexibility index (Phi) is 8.03. The van der Waals surface area contributed by atoms with E-state index in [1.807, 2.05) is 6.07 Å². The Morgan fingerprint density at radius 2 is 1.92 bits per heavy atom. The van der Waals surface area contributed by atoms with Gasteiger partial charge in [0.25, 0.3) is 5.91 Å². The van der Waals surface area contributed by atoms with Crippen LogP contribution in [-0.2, 0) is 12.8 Å². The molecular weight excluding hydrogens is 512 g/mol. The molecule has 39 heavy (non-hydrogen) atoms. The van der Waals surface area contributed by atoms with Crippen molar-refractivity contribution in [3.05, 3.63) is 57.7 Å². The molecule has 2 aromatic heterocycles. The van der Waals surface area contributed by atoms with Crippen molar-refractivity contribution in [1.82, 2.24) is 20.2 Å². The van der Waals surface area contributed by atoms with E-state index < -0.39 is 5.97 Å². The number of nitrogens with one attached hydrogen (secondary N) is 1. The number of nitrogens with zero attached hydrogens (tertiary/aromatic N) is 3. The Morgan fingerprint density at radius 3 is 2.64 bits per heavy atom. The third kappa shape index (κ3) is 6.48. The lowest BCUT2D eigenvalue weighted by Gasteiger charge is -2.34. The normalized spacial score (nSPS) is 19.5. The van der Waals surface area contributed by atoms with Gasteiger partial charge in [-0.25, -0.2) is 14.8 Å². The van der Waals surface area contributed by atoms with E-state index in [1.54, 1.807) is 18.2 Å². The van der Waals surface area contributed by atoms with Crippen molar-refractivity contribution < 1.29 is 19.8 Å². The summed E-state index contributed by atoms with van der Waals surface area (Å²) in [6.07, 6.45) is 4.90. The zero-order valence-corrected chi connectivity index (χ0v) is 23.8. The number of pyridine rings is 1. The maximum atomic E-state index is 13.5. The summed E-state index contributed by atoms with van der Waals surface area (Å²) in [6.45, 7) is 9.21. The van der Waals surface area contributed by atoms with Crippen LogP contribution in [0.2, 0.25) is 0 Å². The van der Waals surface area contributed by atoms with Crippen molar-refractivity contribution in [2.75, 3.05) is 19.6 Å². The highest BCUT2D eigenvalue weighted by atomic mass is 32.1. The van der Waals surface area contributed by atoms with E-state index in [9.17, 15) is 19.8 Å². The fourth-order valence-corrected chi connectivity index (χ4v) is 6.58. The second-order valence-electron chi connectivity index (χ2n) is 12.1. The number of carboxylic acids is 1. The Balaban J connectivity index is 1.35. The molecule has 3 aromatic rings. The van der Waals surface area contributed by atoms with Crippen LogP contribution in [0.3, 0.4) is 0 Å². The van der Waals surface area contributed by atoms with E-state index in [4.69, 9.17) is 4.98 Å². The predicted octanol–water partition coefficient (Wildman–Crippen LogP) is 4.86. The molecule has 0 bridgehead atoms. The number of hydrogen-bond acceptors (Lipinski definition) is 7. The number of aromatic nitrogens is 2. The highest BCUT2D eigenvalue weighted by Gasteiger charge is 2.30. The van der Waals surface area contributed by atoms with Crippen molar-refractivity contribution in [3.63, 3.8) is 0 Å². The van der Waals surface area contributed by atoms with E-state index in [0.717, 1.165) is 73.3 Å². The molecule has 1 unspecified atom stereocenters. The van der Waals surface area contributed by atoms with E-state index in [0.29, 0.717) is 17.3 Å². The summed E-state index contributed by atoms with van der Waals surface area (Å²) in [7, 11) is 0. The number of hydrogen-bond donors (Lipinski definition) is 3. The zero-order valence-electron chi connectivity index (χ0n) is 22.9. The molecule has 0 saturated carbocycles. The summed E-state index contributed by atoms with van der Waals surface area (Å²) >= 11 is 1.31. The molecule has 5 rings (SSSR count). The van der Waals surface area contributed by atoms with Crippen molar-refractivity contribution in [3.8, 4) is 0 Å². The SMILES string of the molecule is CC(C)(C)[C@H]1CCc2nc3sc(C(=O)NC(CCN4CCC(O)CC4)c4cccc(C(=O)O)c4)nc3cc2C1. The third-order valence-corrected chi connectivity index (χ3v) is 9.26. The molecule has 2 aliphatic rings. The smallest absolute Gasteiger partial charge is 0.335 e. The van der Waals surface area contributed by atoms with Crippen LogP contribution in [0, 0.1) is 11.3 Å². The van der Waals surface area contributed by atoms with Crippen molar-refractivity contribution in [2.45, 2.75) is 71.4 Å². The topological polar surface area (TPSA) is 116 Å². The Labute approximate surface area is 233 Å². The molecule has 3 N–H and O–H groups in total. The largest absolute Gasteiger partial charge is 0.478 e. The number of aliphatic hydroxyl groups excluding tert-OH is 1. The number of carbonyl (C=O) groups is 2. The molecule has 1 amide bonds. The van der Waals surface area contributed by atoms with Crippen LogP contribution in [0.25, 0.3) is 10.3 Å². The maximum absolute atomic E-state index is 13.5. The lowest BCUT2D eigenvalue weighted by atomic mass is 9.71. The molecular formula is C30H38N4O4S. The van der Waals surface area contributed by atoms with Crippen LogP contribution in [0.5, 0.6) is 0 Å². The third-order valence-electron chi connectivity index (χ3n) is 8.30. The van der Waals surface area contributed by atoms with Gasteiger partial charge >= 0.3 is 5.97 Å². The van der Waals surface area contributed by atoms with Crippen LogP contribution in [0.15, 0.2) is 30.3 Å². The number of benzene rings is 1. The number of rotatable bonds is 7. The maximum Gasteiger partial charge on any atom is 0.335 e. The summed E-state index contributed by atoms with van der Waals surface area (Å²) < 4.78 is 0. The number of fused-ring (bicyclic) bond motifs is 2. The summed E-state index contributed by atoms with van der Waals surface area (Å²) in [5, 5.41) is 22.8. The van der Waals surface area contributed by atoms with Gasteiger partial charge in [-0.05, 0) is 79.2 Å². The molecule has 0 radical (unpaired) electrons. The number of aromatic carboxylic acids is 1. The predicted molar refractivity (Wildman–Crippen MR) is 152 cm³/mol. The number of carboxylic acid groups (broad SMARTS) is 1. The Bertz CT molecular complexity index is 1360. The van der Waals surface area contributed by atoms with Crippen molar-refractivity contribution >= 4 is 33.6 Å². The lowest BCUT2D eigenvalue weighted by molar-refractivity contribution is 0.0696. The Hall–Kier alpha value is -2.88. The average molecular weight is 551 g/mol. The zero-order chi connectivity index (χ0) is 27.7. The molecule has 9 heteroatoms. The van der Waals surface area contributed by atoms with Gasteiger partial charge in [-0.2, -0.15) is 0 Å². The lowest BCUT2D eigenvalue weighted by Crippen LogP contribution is -2.38. The van der Waals surface area contributed by atoms with Crippen LogP contribution >= 0.6 is 11.3 Å². The van der Waals surface area contributed by atoms with Crippen molar-refractivity contribution in [1.29, 1.82) is 0 Å². The monoisotopic (exact) mass is 550 g/mol. The van der Waals surface area contributed by atoms with Crippen LogP contribution in [0.4, 0.5) is 0 Å². The van der Waals surface area contributed by atoms with E-state index >= 15 is 0 Å². The van der Waals surface area contributed by atoms with Gasteiger partial charge in [0, 0.05) is 25.3 Å². The minimum Gasteiger partial charge on any atom is -0.478 e. The highest BCUT2D eigenvalue weighted by molar-refractivity contribution is 7.19. The number of aryl methyl sites for hydroxylation is 1. The quantitative estimate of drug-likeness (QED) is 0.385. The first-order valence-electron chi connectivity index (χ1n) is 13.9. The van der Waals surface area contributed by atoms with Gasteiger partial charge in [0.05, 0.1) is 17.7 Å².